The van der Waals surface area contributed by atoms with E-state index in [4.69, 9.17) is 9.47 Å². The Balaban J connectivity index is 1.26. The van der Waals surface area contributed by atoms with E-state index >= 15 is 0 Å². The van der Waals surface area contributed by atoms with Gasteiger partial charge in [0.1, 0.15) is 0 Å². The van der Waals surface area contributed by atoms with E-state index in [1.807, 2.05) is 11.3 Å². The zero-order valence-corrected chi connectivity index (χ0v) is 13.3. The van der Waals surface area contributed by atoms with Crippen molar-refractivity contribution in [3.63, 3.8) is 0 Å². The lowest BCUT2D eigenvalue weighted by Gasteiger charge is -2.46. The summed E-state index contributed by atoms with van der Waals surface area (Å²) in [7, 11) is 0. The topological polar surface area (TPSA) is 24.9 Å². The number of morpholine rings is 1. The van der Waals surface area contributed by atoms with Crippen molar-refractivity contribution >= 4 is 11.3 Å². The number of ether oxygens (including phenoxy) is 2. The lowest BCUT2D eigenvalue weighted by Crippen LogP contribution is -2.60. The molecule has 4 nitrogen and oxygen atoms in total. The normalized spacial score (nSPS) is 28.9. The van der Waals surface area contributed by atoms with Crippen molar-refractivity contribution in [2.75, 3.05) is 46.0 Å². The van der Waals surface area contributed by atoms with E-state index in [1.54, 1.807) is 0 Å². The monoisotopic (exact) mass is 308 g/mol. The van der Waals surface area contributed by atoms with Crippen molar-refractivity contribution in [2.45, 2.75) is 31.5 Å². The van der Waals surface area contributed by atoms with Crippen LogP contribution in [0.3, 0.4) is 0 Å². The molecule has 0 aliphatic carbocycles. The van der Waals surface area contributed by atoms with Crippen molar-refractivity contribution in [1.29, 1.82) is 0 Å². The zero-order valence-electron chi connectivity index (χ0n) is 12.5. The highest BCUT2D eigenvalue weighted by Crippen LogP contribution is 2.34. The molecular formula is C16H24N2O2S. The molecule has 0 saturated carbocycles. The third-order valence-corrected chi connectivity index (χ3v) is 5.97. The van der Waals surface area contributed by atoms with E-state index in [9.17, 15) is 0 Å². The van der Waals surface area contributed by atoms with E-state index < -0.39 is 0 Å². The summed E-state index contributed by atoms with van der Waals surface area (Å²) in [5, 5.41) is 0. The quantitative estimate of drug-likeness (QED) is 0.850. The van der Waals surface area contributed by atoms with Gasteiger partial charge in [0.05, 0.1) is 19.3 Å². The lowest BCUT2D eigenvalue weighted by molar-refractivity contribution is -0.0341. The number of nitrogens with zero attached hydrogens (tertiary/aromatic N) is 2. The molecule has 3 saturated heterocycles. The molecule has 116 valence electrons. The van der Waals surface area contributed by atoms with Gasteiger partial charge in [-0.05, 0) is 25.0 Å². The molecule has 1 aromatic rings. The first-order valence-electron chi connectivity index (χ1n) is 8.13. The Morgan fingerprint density at radius 1 is 1.14 bits per heavy atom. The fourth-order valence-corrected chi connectivity index (χ4v) is 4.66. The fourth-order valence-electron chi connectivity index (χ4n) is 3.52. The second kappa shape index (κ2) is 6.34. The molecule has 3 aliphatic heterocycles. The molecule has 3 fully saturated rings. The Hall–Kier alpha value is -0.460. The van der Waals surface area contributed by atoms with Gasteiger partial charge in [-0.2, -0.15) is 0 Å². The maximum atomic E-state index is 5.77. The predicted molar refractivity (Wildman–Crippen MR) is 83.7 cm³/mol. The minimum atomic E-state index is 0.376. The highest BCUT2D eigenvalue weighted by atomic mass is 32.1. The summed E-state index contributed by atoms with van der Waals surface area (Å²) >= 11 is 1.94. The van der Waals surface area contributed by atoms with Gasteiger partial charge in [-0.25, -0.2) is 0 Å². The van der Waals surface area contributed by atoms with Crippen LogP contribution < -0.4 is 0 Å². The Morgan fingerprint density at radius 3 is 2.76 bits per heavy atom. The number of thiophene rings is 1. The van der Waals surface area contributed by atoms with Crippen LogP contribution in [0.1, 0.15) is 28.7 Å². The molecule has 0 N–H and O–H groups in total. The largest absolute Gasteiger partial charge is 0.379 e. The summed E-state index contributed by atoms with van der Waals surface area (Å²) in [5.41, 5.74) is 0. The van der Waals surface area contributed by atoms with Crippen LogP contribution >= 0.6 is 11.3 Å². The average Bonchev–Trinajstić information content (AvgIpc) is 3.14. The molecular weight excluding hydrogens is 284 g/mol. The number of likely N-dealkylation sites (tertiary alicyclic amines) is 1. The SMILES string of the molecule is c1cc([C@H]2CCCO2)sc1CN1CC(N2CCOCC2)C1. The Kier molecular flexibility index (Phi) is 4.27. The van der Waals surface area contributed by atoms with Gasteiger partial charge >= 0.3 is 0 Å². The van der Waals surface area contributed by atoms with Crippen molar-refractivity contribution in [1.82, 2.24) is 9.80 Å². The van der Waals surface area contributed by atoms with Gasteiger partial charge in [0, 0.05) is 55.1 Å². The van der Waals surface area contributed by atoms with Crippen molar-refractivity contribution < 1.29 is 9.47 Å². The van der Waals surface area contributed by atoms with E-state index in [0.29, 0.717) is 6.10 Å². The Bertz CT molecular complexity index is 461. The van der Waals surface area contributed by atoms with E-state index in [2.05, 4.69) is 21.9 Å². The van der Waals surface area contributed by atoms with E-state index in [1.165, 1.54) is 35.7 Å². The maximum Gasteiger partial charge on any atom is 0.0917 e. The highest BCUT2D eigenvalue weighted by molar-refractivity contribution is 7.12. The van der Waals surface area contributed by atoms with Crippen LogP contribution in [0.2, 0.25) is 0 Å². The third-order valence-electron chi connectivity index (χ3n) is 4.81. The molecule has 21 heavy (non-hydrogen) atoms. The second-order valence-electron chi connectivity index (χ2n) is 6.30. The summed E-state index contributed by atoms with van der Waals surface area (Å²) in [4.78, 5) is 8.06. The van der Waals surface area contributed by atoms with Gasteiger partial charge in [-0.3, -0.25) is 9.80 Å². The first kappa shape index (κ1) is 14.2. The minimum absolute atomic E-state index is 0.376. The number of hydrogen-bond acceptors (Lipinski definition) is 5. The van der Waals surface area contributed by atoms with Crippen LogP contribution in [-0.4, -0.2) is 61.8 Å². The molecule has 0 amide bonds. The van der Waals surface area contributed by atoms with E-state index in [-0.39, 0.29) is 0 Å². The second-order valence-corrected chi connectivity index (χ2v) is 7.50. The van der Waals surface area contributed by atoms with Crippen LogP contribution in [-0.2, 0) is 16.0 Å². The summed E-state index contributed by atoms with van der Waals surface area (Å²) in [6.45, 7) is 8.52. The van der Waals surface area contributed by atoms with Crippen LogP contribution in [0.5, 0.6) is 0 Å². The van der Waals surface area contributed by atoms with Gasteiger partial charge in [0.15, 0.2) is 0 Å². The summed E-state index contributed by atoms with van der Waals surface area (Å²) < 4.78 is 11.2. The molecule has 5 heteroatoms. The Morgan fingerprint density at radius 2 is 2.00 bits per heavy atom. The average molecular weight is 308 g/mol. The Labute approximate surface area is 130 Å². The molecule has 0 unspecified atom stereocenters. The molecule has 0 radical (unpaired) electrons. The van der Waals surface area contributed by atoms with Gasteiger partial charge < -0.3 is 9.47 Å². The first-order chi connectivity index (χ1) is 10.4. The first-order valence-corrected chi connectivity index (χ1v) is 8.94. The van der Waals surface area contributed by atoms with Gasteiger partial charge in [0.25, 0.3) is 0 Å². The number of hydrogen-bond donors (Lipinski definition) is 0. The van der Waals surface area contributed by atoms with Gasteiger partial charge in [0.2, 0.25) is 0 Å². The van der Waals surface area contributed by atoms with Crippen LogP contribution in [0.25, 0.3) is 0 Å². The standard InChI is InChI=1S/C16H24N2O2S/c1-2-15(20-7-1)16-4-3-14(21-16)12-17-10-13(11-17)18-5-8-19-9-6-18/h3-4,13,15H,1-2,5-12H2/t15-/m1/s1. The number of rotatable bonds is 4. The molecule has 1 aromatic heterocycles. The predicted octanol–water partition coefficient (Wildman–Crippen LogP) is 2.12. The van der Waals surface area contributed by atoms with Crippen LogP contribution in [0.15, 0.2) is 12.1 Å². The maximum absolute atomic E-state index is 5.77. The summed E-state index contributed by atoms with van der Waals surface area (Å²) in [5.74, 6) is 0. The minimum Gasteiger partial charge on any atom is -0.379 e. The lowest BCUT2D eigenvalue weighted by atomic mass is 10.1. The smallest absolute Gasteiger partial charge is 0.0917 e. The van der Waals surface area contributed by atoms with Crippen LogP contribution in [0.4, 0.5) is 0 Å². The summed E-state index contributed by atoms with van der Waals surface area (Å²) in [6, 6.07) is 5.32. The van der Waals surface area contributed by atoms with Gasteiger partial charge in [-0.1, -0.05) is 0 Å². The molecule has 0 aromatic carbocycles. The summed E-state index contributed by atoms with van der Waals surface area (Å²) in [6.07, 6.45) is 2.79. The van der Waals surface area contributed by atoms with Crippen molar-refractivity contribution in [2.24, 2.45) is 0 Å². The third kappa shape index (κ3) is 3.17. The molecule has 4 rings (SSSR count). The molecule has 4 heterocycles. The zero-order chi connectivity index (χ0) is 14.1. The fraction of sp³-hybridized carbons (Fsp3) is 0.750. The van der Waals surface area contributed by atoms with Gasteiger partial charge in [-0.15, -0.1) is 11.3 Å². The van der Waals surface area contributed by atoms with Crippen molar-refractivity contribution in [3.8, 4) is 0 Å². The van der Waals surface area contributed by atoms with Crippen molar-refractivity contribution in [3.05, 3.63) is 21.9 Å². The molecule has 0 spiro atoms. The molecule has 0 bridgehead atoms. The van der Waals surface area contributed by atoms with E-state index in [0.717, 1.165) is 45.5 Å². The highest BCUT2D eigenvalue weighted by Gasteiger charge is 2.32. The molecule has 1 atom stereocenters. The molecule has 3 aliphatic rings. The van der Waals surface area contributed by atoms with Crippen LogP contribution in [0, 0.1) is 0 Å².